The van der Waals surface area contributed by atoms with E-state index in [-0.39, 0.29) is 23.0 Å². The minimum Gasteiger partial charge on any atom is -0.345 e. The maximum atomic E-state index is 13.0. The highest BCUT2D eigenvalue weighted by Crippen LogP contribution is 2.15. The van der Waals surface area contributed by atoms with E-state index in [1.54, 1.807) is 19.1 Å². The van der Waals surface area contributed by atoms with Crippen LogP contribution >= 0.6 is 11.3 Å². The third-order valence-electron chi connectivity index (χ3n) is 3.84. The van der Waals surface area contributed by atoms with E-state index in [1.165, 1.54) is 34.1 Å². The van der Waals surface area contributed by atoms with Crippen molar-refractivity contribution in [1.82, 2.24) is 14.7 Å². The van der Waals surface area contributed by atoms with E-state index >= 15 is 0 Å². The lowest BCUT2D eigenvalue weighted by Gasteiger charge is -2.14. The molecular formula is C17H16FN3O2S. The molecular weight excluding hydrogens is 329 g/mol. The zero-order chi connectivity index (χ0) is 17.3. The van der Waals surface area contributed by atoms with Crippen LogP contribution in [0.15, 0.2) is 40.6 Å². The lowest BCUT2D eigenvalue weighted by Crippen LogP contribution is -2.33. The molecule has 0 aliphatic heterocycles. The van der Waals surface area contributed by atoms with Crippen molar-refractivity contribution in [2.24, 2.45) is 0 Å². The van der Waals surface area contributed by atoms with Crippen molar-refractivity contribution in [1.29, 1.82) is 0 Å². The topological polar surface area (TPSA) is 63.5 Å². The third-order valence-corrected chi connectivity index (χ3v) is 4.73. The van der Waals surface area contributed by atoms with E-state index in [2.05, 4.69) is 10.3 Å². The van der Waals surface area contributed by atoms with E-state index in [0.29, 0.717) is 11.4 Å². The van der Waals surface area contributed by atoms with Crippen molar-refractivity contribution in [3.63, 3.8) is 0 Å². The summed E-state index contributed by atoms with van der Waals surface area (Å²) in [6, 6.07) is 5.51. The summed E-state index contributed by atoms with van der Waals surface area (Å²) in [5.41, 5.74) is 1.20. The average molecular weight is 345 g/mol. The third kappa shape index (κ3) is 2.94. The van der Waals surface area contributed by atoms with Crippen molar-refractivity contribution in [2.75, 3.05) is 0 Å². The number of carbonyl (C=O) groups excluding carboxylic acids is 1. The molecule has 0 fully saturated rings. The van der Waals surface area contributed by atoms with Crippen LogP contribution in [-0.2, 0) is 6.42 Å². The Hall–Kier alpha value is -2.54. The Labute approximate surface area is 141 Å². The molecule has 1 N–H and O–H groups in total. The number of carbonyl (C=O) groups is 1. The summed E-state index contributed by atoms with van der Waals surface area (Å²) in [6.45, 7) is 3.72. The van der Waals surface area contributed by atoms with Crippen LogP contribution in [0.4, 0.5) is 4.39 Å². The number of benzene rings is 1. The number of thiazole rings is 1. The van der Waals surface area contributed by atoms with Crippen LogP contribution in [0.1, 0.15) is 41.5 Å². The van der Waals surface area contributed by atoms with Gasteiger partial charge in [0.25, 0.3) is 11.5 Å². The molecule has 1 aromatic carbocycles. The maximum absolute atomic E-state index is 13.0. The van der Waals surface area contributed by atoms with Crippen LogP contribution in [-0.4, -0.2) is 15.3 Å². The van der Waals surface area contributed by atoms with Gasteiger partial charge in [-0.15, -0.1) is 11.3 Å². The quantitative estimate of drug-likeness (QED) is 0.791. The van der Waals surface area contributed by atoms with Gasteiger partial charge in [-0.2, -0.15) is 0 Å². The van der Waals surface area contributed by atoms with Gasteiger partial charge in [0.1, 0.15) is 11.4 Å². The molecule has 0 spiro atoms. The van der Waals surface area contributed by atoms with Crippen molar-refractivity contribution < 1.29 is 9.18 Å². The SMILES string of the molecule is CCc1csc2ncc(C(=O)NC(C)c3ccc(F)cc3)c(=O)n12. The number of halogens is 1. The van der Waals surface area contributed by atoms with Crippen LogP contribution in [0, 0.1) is 5.82 Å². The number of hydrogen-bond acceptors (Lipinski definition) is 4. The summed E-state index contributed by atoms with van der Waals surface area (Å²) in [5, 5.41) is 4.62. The van der Waals surface area contributed by atoms with Crippen molar-refractivity contribution >= 4 is 22.2 Å². The van der Waals surface area contributed by atoms with Gasteiger partial charge in [0.15, 0.2) is 4.96 Å². The molecule has 3 aromatic rings. The summed E-state index contributed by atoms with van der Waals surface area (Å²) in [6.07, 6.45) is 1.99. The summed E-state index contributed by atoms with van der Waals surface area (Å²) >= 11 is 1.37. The highest BCUT2D eigenvalue weighted by molar-refractivity contribution is 7.15. The van der Waals surface area contributed by atoms with Crippen LogP contribution in [0.5, 0.6) is 0 Å². The molecule has 2 aromatic heterocycles. The molecule has 0 saturated heterocycles. The predicted octanol–water partition coefficient (Wildman–Crippen LogP) is 2.95. The van der Waals surface area contributed by atoms with Gasteiger partial charge >= 0.3 is 0 Å². The number of aromatic nitrogens is 2. The van der Waals surface area contributed by atoms with Crippen molar-refractivity contribution in [2.45, 2.75) is 26.3 Å². The zero-order valence-electron chi connectivity index (χ0n) is 13.2. The lowest BCUT2D eigenvalue weighted by atomic mass is 10.1. The number of aryl methyl sites for hydroxylation is 1. The minimum atomic E-state index is -0.494. The molecule has 0 aliphatic carbocycles. The van der Waals surface area contributed by atoms with Crippen LogP contribution in [0.25, 0.3) is 4.96 Å². The van der Waals surface area contributed by atoms with Gasteiger partial charge < -0.3 is 5.32 Å². The molecule has 5 nitrogen and oxygen atoms in total. The first kappa shape index (κ1) is 16.3. The van der Waals surface area contributed by atoms with Gasteiger partial charge in [-0.1, -0.05) is 19.1 Å². The average Bonchev–Trinajstić information content (AvgIpc) is 2.99. The van der Waals surface area contributed by atoms with Gasteiger partial charge in [0.05, 0.1) is 6.04 Å². The van der Waals surface area contributed by atoms with Crippen LogP contribution in [0.3, 0.4) is 0 Å². The molecule has 0 saturated carbocycles. The van der Waals surface area contributed by atoms with Gasteiger partial charge in [0, 0.05) is 17.3 Å². The molecule has 24 heavy (non-hydrogen) atoms. The predicted molar refractivity (Wildman–Crippen MR) is 91.0 cm³/mol. The summed E-state index contributed by atoms with van der Waals surface area (Å²) in [5.74, 6) is -0.832. The fourth-order valence-corrected chi connectivity index (χ4v) is 3.39. The Morgan fingerprint density at radius 1 is 1.38 bits per heavy atom. The molecule has 2 heterocycles. The standard InChI is InChI=1S/C17H16FN3O2S/c1-3-13-9-24-17-19-8-14(16(23)21(13)17)15(22)20-10(2)11-4-6-12(18)7-5-11/h4-10H,3H2,1-2H3,(H,20,22). The summed E-state index contributed by atoms with van der Waals surface area (Å²) in [4.78, 5) is 29.8. The zero-order valence-corrected chi connectivity index (χ0v) is 14.1. The number of nitrogens with zero attached hydrogens (tertiary/aromatic N) is 2. The Balaban J connectivity index is 1.90. The first-order valence-electron chi connectivity index (χ1n) is 7.55. The second kappa shape index (κ2) is 6.52. The normalized spacial score (nSPS) is 12.3. The molecule has 3 rings (SSSR count). The van der Waals surface area contributed by atoms with Crippen molar-refractivity contribution in [3.05, 3.63) is 68.8 Å². The molecule has 0 radical (unpaired) electrons. The summed E-state index contributed by atoms with van der Waals surface area (Å²) in [7, 11) is 0. The van der Waals surface area contributed by atoms with Crippen molar-refractivity contribution in [3.8, 4) is 0 Å². The highest BCUT2D eigenvalue weighted by Gasteiger charge is 2.18. The molecule has 124 valence electrons. The molecule has 1 amide bonds. The Morgan fingerprint density at radius 3 is 2.75 bits per heavy atom. The largest absolute Gasteiger partial charge is 0.345 e. The smallest absolute Gasteiger partial charge is 0.271 e. The second-order valence-corrected chi connectivity index (χ2v) is 6.26. The monoisotopic (exact) mass is 345 g/mol. The van der Waals surface area contributed by atoms with Gasteiger partial charge in [0.2, 0.25) is 0 Å². The lowest BCUT2D eigenvalue weighted by molar-refractivity contribution is 0.0938. The fourth-order valence-electron chi connectivity index (χ4n) is 2.46. The maximum Gasteiger partial charge on any atom is 0.271 e. The highest BCUT2D eigenvalue weighted by atomic mass is 32.1. The van der Waals surface area contributed by atoms with E-state index in [4.69, 9.17) is 0 Å². The molecule has 1 unspecified atom stereocenters. The number of rotatable bonds is 4. The van der Waals surface area contributed by atoms with Gasteiger partial charge in [-0.25, -0.2) is 9.37 Å². The molecule has 7 heteroatoms. The number of amides is 1. The first-order valence-corrected chi connectivity index (χ1v) is 8.43. The molecule has 0 aliphatic rings. The Morgan fingerprint density at radius 2 is 2.08 bits per heavy atom. The second-order valence-electron chi connectivity index (χ2n) is 5.42. The number of hydrogen-bond donors (Lipinski definition) is 1. The number of nitrogens with one attached hydrogen (secondary N) is 1. The Kier molecular flexibility index (Phi) is 4.44. The van der Waals surface area contributed by atoms with E-state index in [0.717, 1.165) is 11.3 Å². The molecule has 1 atom stereocenters. The number of fused-ring (bicyclic) bond motifs is 1. The van der Waals surface area contributed by atoms with Gasteiger partial charge in [-0.05, 0) is 31.0 Å². The van der Waals surface area contributed by atoms with E-state index in [1.807, 2.05) is 12.3 Å². The van der Waals surface area contributed by atoms with E-state index in [9.17, 15) is 14.0 Å². The fraction of sp³-hybridized carbons (Fsp3) is 0.235. The van der Waals surface area contributed by atoms with Gasteiger partial charge in [-0.3, -0.25) is 14.0 Å². The van der Waals surface area contributed by atoms with Crippen LogP contribution < -0.4 is 10.9 Å². The Bertz CT molecular complexity index is 947. The molecule has 0 bridgehead atoms. The van der Waals surface area contributed by atoms with E-state index < -0.39 is 5.91 Å². The summed E-state index contributed by atoms with van der Waals surface area (Å²) < 4.78 is 14.5. The van der Waals surface area contributed by atoms with Crippen LogP contribution in [0.2, 0.25) is 0 Å². The first-order chi connectivity index (χ1) is 11.5. The minimum absolute atomic E-state index is 0.00504.